The normalized spacial score (nSPS) is 10.4. The highest BCUT2D eigenvalue weighted by Gasteiger charge is 2.00. The van der Waals surface area contributed by atoms with Gasteiger partial charge in [0.1, 0.15) is 10.8 Å². The molecule has 0 aliphatic rings. The van der Waals surface area contributed by atoms with Crippen LogP contribution in [0.3, 0.4) is 0 Å². The van der Waals surface area contributed by atoms with Crippen molar-refractivity contribution in [1.29, 1.82) is 0 Å². The van der Waals surface area contributed by atoms with Crippen molar-refractivity contribution in [2.45, 2.75) is 23.4 Å². The number of ether oxygens (including phenoxy) is 1. The lowest BCUT2D eigenvalue weighted by Gasteiger charge is -2.05. The average molecular weight is 274 g/mol. The summed E-state index contributed by atoms with van der Waals surface area (Å²) in [6.07, 6.45) is 1.93. The molecule has 0 saturated heterocycles. The van der Waals surface area contributed by atoms with E-state index in [9.17, 15) is 0 Å². The van der Waals surface area contributed by atoms with Crippen molar-refractivity contribution in [2.75, 3.05) is 13.7 Å². The maximum Gasteiger partial charge on any atom is 0.118 e. The molecule has 0 amide bonds. The Labute approximate surface area is 118 Å². The molecule has 2 aromatic rings. The largest absolute Gasteiger partial charge is 0.497 e. The van der Waals surface area contributed by atoms with Gasteiger partial charge in [0, 0.05) is 17.6 Å². The average Bonchev–Trinajstić information content (AvgIpc) is 2.47. The van der Waals surface area contributed by atoms with Gasteiger partial charge in [-0.05, 0) is 42.4 Å². The van der Waals surface area contributed by atoms with E-state index in [1.54, 1.807) is 18.9 Å². The molecule has 1 N–H and O–H groups in total. The van der Waals surface area contributed by atoms with Gasteiger partial charge in [0.2, 0.25) is 0 Å². The quantitative estimate of drug-likeness (QED) is 0.876. The summed E-state index contributed by atoms with van der Waals surface area (Å²) >= 11 is 1.65. The number of benzene rings is 1. The third kappa shape index (κ3) is 4.26. The van der Waals surface area contributed by atoms with Crippen LogP contribution in [0.2, 0.25) is 0 Å². The molecule has 0 saturated carbocycles. The van der Waals surface area contributed by atoms with Crippen molar-refractivity contribution in [3.8, 4) is 5.75 Å². The van der Waals surface area contributed by atoms with Crippen molar-refractivity contribution in [1.82, 2.24) is 10.3 Å². The molecule has 0 aliphatic carbocycles. The van der Waals surface area contributed by atoms with Crippen LogP contribution in [-0.4, -0.2) is 18.6 Å². The molecule has 0 atom stereocenters. The molecular weight excluding hydrogens is 256 g/mol. The van der Waals surface area contributed by atoms with Crippen LogP contribution in [0, 0.1) is 0 Å². The van der Waals surface area contributed by atoms with E-state index in [0.29, 0.717) is 0 Å². The molecule has 0 bridgehead atoms. The van der Waals surface area contributed by atoms with E-state index in [2.05, 4.69) is 29.4 Å². The summed E-state index contributed by atoms with van der Waals surface area (Å²) in [5, 5.41) is 4.29. The second-order valence-corrected chi connectivity index (χ2v) is 5.16. The fourth-order valence-electron chi connectivity index (χ4n) is 1.61. The molecule has 1 aromatic heterocycles. The molecular formula is C15H18N2OS. The lowest BCUT2D eigenvalue weighted by atomic mass is 10.3. The highest BCUT2D eigenvalue weighted by atomic mass is 32.2. The van der Waals surface area contributed by atoms with E-state index in [0.717, 1.165) is 28.8 Å². The van der Waals surface area contributed by atoms with Crippen LogP contribution < -0.4 is 10.1 Å². The molecule has 0 radical (unpaired) electrons. The van der Waals surface area contributed by atoms with Crippen molar-refractivity contribution in [3.63, 3.8) is 0 Å². The van der Waals surface area contributed by atoms with Gasteiger partial charge in [0.15, 0.2) is 0 Å². The third-order valence-corrected chi connectivity index (χ3v) is 3.62. The summed E-state index contributed by atoms with van der Waals surface area (Å²) in [4.78, 5) is 5.62. The second-order valence-electron chi connectivity index (χ2n) is 4.06. The topological polar surface area (TPSA) is 34.1 Å². The molecule has 0 aliphatic heterocycles. The monoisotopic (exact) mass is 274 g/mol. The Morgan fingerprint density at radius 1 is 1.16 bits per heavy atom. The first kappa shape index (κ1) is 13.9. The standard InChI is InChI=1S/C15H18N2OS/c1-3-16-10-12-4-9-15(17-11-12)19-14-7-5-13(18-2)6-8-14/h4-9,11,16H,3,10H2,1-2H3. The summed E-state index contributed by atoms with van der Waals surface area (Å²) in [5.41, 5.74) is 1.21. The Bertz CT molecular complexity index is 497. The highest BCUT2D eigenvalue weighted by Crippen LogP contribution is 2.27. The summed E-state index contributed by atoms with van der Waals surface area (Å²) in [7, 11) is 1.67. The van der Waals surface area contributed by atoms with Gasteiger partial charge >= 0.3 is 0 Å². The molecule has 0 spiro atoms. The molecule has 19 heavy (non-hydrogen) atoms. The first-order valence-corrected chi connectivity index (χ1v) is 7.11. The number of pyridine rings is 1. The van der Waals surface area contributed by atoms with E-state index in [-0.39, 0.29) is 0 Å². The molecule has 1 aromatic carbocycles. The second kappa shape index (κ2) is 7.16. The first-order chi connectivity index (χ1) is 9.31. The predicted molar refractivity (Wildman–Crippen MR) is 78.7 cm³/mol. The molecule has 1 heterocycles. The van der Waals surface area contributed by atoms with Crippen molar-refractivity contribution in [3.05, 3.63) is 48.2 Å². The van der Waals surface area contributed by atoms with Crippen molar-refractivity contribution >= 4 is 11.8 Å². The minimum absolute atomic E-state index is 0.872. The van der Waals surface area contributed by atoms with Crippen LogP contribution in [-0.2, 0) is 6.54 Å². The molecule has 4 heteroatoms. The van der Waals surface area contributed by atoms with Gasteiger partial charge in [0.05, 0.1) is 7.11 Å². The predicted octanol–water partition coefficient (Wildman–Crippen LogP) is 3.35. The SMILES string of the molecule is CCNCc1ccc(Sc2ccc(OC)cc2)nc1. The fourth-order valence-corrected chi connectivity index (χ4v) is 2.36. The Kier molecular flexibility index (Phi) is 5.24. The zero-order chi connectivity index (χ0) is 13.5. The Morgan fingerprint density at radius 3 is 2.53 bits per heavy atom. The number of hydrogen-bond acceptors (Lipinski definition) is 4. The van der Waals surface area contributed by atoms with Gasteiger partial charge in [-0.25, -0.2) is 4.98 Å². The maximum absolute atomic E-state index is 5.14. The van der Waals surface area contributed by atoms with Crippen LogP contribution in [0.1, 0.15) is 12.5 Å². The van der Waals surface area contributed by atoms with Crippen LogP contribution in [0.4, 0.5) is 0 Å². The van der Waals surface area contributed by atoms with Crippen LogP contribution in [0.5, 0.6) is 5.75 Å². The molecule has 0 fully saturated rings. The van der Waals surface area contributed by atoms with Crippen LogP contribution in [0.15, 0.2) is 52.5 Å². The van der Waals surface area contributed by atoms with Gasteiger partial charge in [0.25, 0.3) is 0 Å². The van der Waals surface area contributed by atoms with Gasteiger partial charge < -0.3 is 10.1 Å². The Balaban J connectivity index is 1.98. The number of nitrogens with one attached hydrogen (secondary N) is 1. The third-order valence-electron chi connectivity index (χ3n) is 2.66. The summed E-state index contributed by atoms with van der Waals surface area (Å²) in [6, 6.07) is 12.2. The lowest BCUT2D eigenvalue weighted by Crippen LogP contribution is -2.11. The minimum atomic E-state index is 0.872. The molecule has 100 valence electrons. The number of rotatable bonds is 6. The highest BCUT2D eigenvalue weighted by molar-refractivity contribution is 7.99. The number of aromatic nitrogens is 1. The van der Waals surface area contributed by atoms with Gasteiger partial charge in [-0.3, -0.25) is 0 Å². The minimum Gasteiger partial charge on any atom is -0.497 e. The van der Waals surface area contributed by atoms with Crippen LogP contribution in [0.25, 0.3) is 0 Å². The summed E-state index contributed by atoms with van der Waals surface area (Å²) < 4.78 is 5.14. The van der Waals surface area contributed by atoms with E-state index in [1.165, 1.54) is 5.56 Å². The Morgan fingerprint density at radius 2 is 1.95 bits per heavy atom. The number of hydrogen-bond donors (Lipinski definition) is 1. The first-order valence-electron chi connectivity index (χ1n) is 6.29. The van der Waals surface area contributed by atoms with Crippen LogP contribution >= 0.6 is 11.8 Å². The van der Waals surface area contributed by atoms with Crippen molar-refractivity contribution < 1.29 is 4.74 Å². The summed E-state index contributed by atoms with van der Waals surface area (Å²) in [5.74, 6) is 0.873. The van der Waals surface area contributed by atoms with E-state index < -0.39 is 0 Å². The Hall–Kier alpha value is -1.52. The number of nitrogens with zero attached hydrogens (tertiary/aromatic N) is 1. The fraction of sp³-hybridized carbons (Fsp3) is 0.267. The molecule has 3 nitrogen and oxygen atoms in total. The van der Waals surface area contributed by atoms with Crippen molar-refractivity contribution in [2.24, 2.45) is 0 Å². The zero-order valence-corrected chi connectivity index (χ0v) is 12.0. The number of methoxy groups -OCH3 is 1. The van der Waals surface area contributed by atoms with Gasteiger partial charge in [-0.1, -0.05) is 24.8 Å². The summed E-state index contributed by atoms with van der Waals surface area (Å²) in [6.45, 7) is 3.95. The lowest BCUT2D eigenvalue weighted by molar-refractivity contribution is 0.414. The maximum atomic E-state index is 5.14. The smallest absolute Gasteiger partial charge is 0.118 e. The molecule has 2 rings (SSSR count). The van der Waals surface area contributed by atoms with E-state index >= 15 is 0 Å². The van der Waals surface area contributed by atoms with Gasteiger partial charge in [-0.2, -0.15) is 0 Å². The molecule has 0 unspecified atom stereocenters. The van der Waals surface area contributed by atoms with Gasteiger partial charge in [-0.15, -0.1) is 0 Å². The van der Waals surface area contributed by atoms with E-state index in [1.807, 2.05) is 30.5 Å². The zero-order valence-electron chi connectivity index (χ0n) is 11.2. The van der Waals surface area contributed by atoms with E-state index in [4.69, 9.17) is 4.74 Å².